The maximum Gasteiger partial charge on any atom is 0.254 e. The number of benzene rings is 2. The molecular weight excluding hydrogens is 364 g/mol. The number of nitrogen functional groups attached to an aromatic ring is 1. The summed E-state index contributed by atoms with van der Waals surface area (Å²) >= 11 is 6.00. The third-order valence-corrected chi connectivity index (χ3v) is 5.06. The second-order valence-electron chi connectivity index (χ2n) is 6.71. The van der Waals surface area contributed by atoms with Crippen molar-refractivity contribution in [3.05, 3.63) is 74.7 Å². The van der Waals surface area contributed by atoms with Crippen molar-refractivity contribution >= 4 is 17.3 Å². The number of aromatic hydroxyl groups is 1. The van der Waals surface area contributed by atoms with Crippen LogP contribution in [-0.4, -0.2) is 26.5 Å². The highest BCUT2D eigenvalue weighted by atomic mass is 35.5. The van der Waals surface area contributed by atoms with Crippen LogP contribution in [0, 0.1) is 0 Å². The van der Waals surface area contributed by atoms with Crippen LogP contribution < -0.4 is 11.3 Å². The molecule has 0 saturated heterocycles. The van der Waals surface area contributed by atoms with Crippen LogP contribution in [-0.2, 0) is 19.5 Å². The maximum atomic E-state index is 12.5. The van der Waals surface area contributed by atoms with Gasteiger partial charge in [-0.3, -0.25) is 9.69 Å². The zero-order valence-corrected chi connectivity index (χ0v) is 15.3. The average molecular weight is 383 g/mol. The molecule has 0 saturated carbocycles. The van der Waals surface area contributed by atoms with E-state index in [1.54, 1.807) is 24.3 Å². The topological polar surface area (TPSA) is 95.2 Å². The smallest absolute Gasteiger partial charge is 0.254 e. The quantitative estimate of drug-likeness (QED) is 0.605. The first-order chi connectivity index (χ1) is 13.0. The lowest BCUT2D eigenvalue weighted by atomic mass is 10.0. The average Bonchev–Trinajstić information content (AvgIpc) is 2.65. The molecule has 1 aliphatic rings. The van der Waals surface area contributed by atoms with E-state index in [-0.39, 0.29) is 11.3 Å². The molecule has 6 nitrogen and oxygen atoms in total. The highest BCUT2D eigenvalue weighted by molar-refractivity contribution is 6.32. The molecule has 2 heterocycles. The van der Waals surface area contributed by atoms with E-state index in [0.717, 1.165) is 28.9 Å². The van der Waals surface area contributed by atoms with Crippen LogP contribution in [0.1, 0.15) is 16.8 Å². The Morgan fingerprint density at radius 3 is 2.74 bits per heavy atom. The molecule has 0 amide bonds. The third-order valence-electron chi connectivity index (χ3n) is 4.75. The lowest BCUT2D eigenvalue weighted by Gasteiger charge is -2.27. The minimum Gasteiger partial charge on any atom is -0.506 e. The second kappa shape index (κ2) is 7.06. The number of rotatable bonds is 3. The van der Waals surface area contributed by atoms with Crippen molar-refractivity contribution in [3.63, 3.8) is 0 Å². The minimum atomic E-state index is -0.0841. The van der Waals surface area contributed by atoms with Crippen molar-refractivity contribution in [1.29, 1.82) is 0 Å². The van der Waals surface area contributed by atoms with E-state index in [1.165, 1.54) is 0 Å². The molecule has 138 valence electrons. The highest BCUT2D eigenvalue weighted by Gasteiger charge is 2.21. The summed E-state index contributed by atoms with van der Waals surface area (Å²) in [5, 5.41) is 9.90. The largest absolute Gasteiger partial charge is 0.506 e. The first kappa shape index (κ1) is 17.6. The van der Waals surface area contributed by atoms with Gasteiger partial charge in [0.05, 0.1) is 10.7 Å². The number of phenolic OH excluding ortho intramolecular Hbond substituents is 1. The molecule has 1 aliphatic heterocycles. The van der Waals surface area contributed by atoms with E-state index in [9.17, 15) is 9.90 Å². The number of hydrogen-bond donors (Lipinski definition) is 3. The summed E-state index contributed by atoms with van der Waals surface area (Å²) in [4.78, 5) is 22.3. The molecule has 4 rings (SSSR count). The molecule has 3 aromatic rings. The molecule has 27 heavy (non-hydrogen) atoms. The monoisotopic (exact) mass is 382 g/mol. The molecule has 0 unspecified atom stereocenters. The van der Waals surface area contributed by atoms with Gasteiger partial charge in [-0.25, -0.2) is 4.98 Å². The van der Waals surface area contributed by atoms with Gasteiger partial charge in [-0.15, -0.1) is 0 Å². The summed E-state index contributed by atoms with van der Waals surface area (Å²) < 4.78 is 0. The molecule has 2 aromatic carbocycles. The molecule has 0 atom stereocenters. The molecule has 0 radical (unpaired) electrons. The second-order valence-corrected chi connectivity index (χ2v) is 7.12. The molecule has 4 N–H and O–H groups in total. The summed E-state index contributed by atoms with van der Waals surface area (Å²) in [7, 11) is 0. The molecule has 7 heteroatoms. The van der Waals surface area contributed by atoms with Crippen molar-refractivity contribution in [2.45, 2.75) is 19.5 Å². The first-order valence-corrected chi connectivity index (χ1v) is 9.05. The number of nitrogens with one attached hydrogen (secondary N) is 1. The SMILES string of the molecule is Nc1ccc(-c2nc3c(c(=O)[nH]2)CCN(Cc2ccc(O)c(Cl)c2)C3)cc1. The molecular formula is C20H19ClN4O2. The van der Waals surface area contributed by atoms with E-state index in [2.05, 4.69) is 9.88 Å². The Hall–Kier alpha value is -2.83. The van der Waals surface area contributed by atoms with Gasteiger partial charge in [0.15, 0.2) is 0 Å². The Labute approximate surface area is 161 Å². The molecule has 0 bridgehead atoms. The number of anilines is 1. The number of H-pyrrole nitrogens is 1. The number of halogens is 1. The van der Waals surface area contributed by atoms with Gasteiger partial charge < -0.3 is 15.8 Å². The first-order valence-electron chi connectivity index (χ1n) is 8.67. The number of phenols is 1. The molecule has 1 aromatic heterocycles. The summed E-state index contributed by atoms with van der Waals surface area (Å²) in [5.41, 5.74) is 9.68. The lowest BCUT2D eigenvalue weighted by Crippen LogP contribution is -2.35. The van der Waals surface area contributed by atoms with Crippen LogP contribution >= 0.6 is 11.6 Å². The van der Waals surface area contributed by atoms with Gasteiger partial charge in [0, 0.05) is 36.4 Å². The van der Waals surface area contributed by atoms with E-state index < -0.39 is 0 Å². The van der Waals surface area contributed by atoms with E-state index in [1.807, 2.05) is 18.2 Å². The van der Waals surface area contributed by atoms with Crippen LogP contribution in [0.15, 0.2) is 47.3 Å². The number of nitrogens with two attached hydrogens (primary N) is 1. The Balaban J connectivity index is 1.60. The predicted molar refractivity (Wildman–Crippen MR) is 106 cm³/mol. The van der Waals surface area contributed by atoms with Crippen LogP contribution in [0.3, 0.4) is 0 Å². The van der Waals surface area contributed by atoms with Crippen LogP contribution in [0.4, 0.5) is 5.69 Å². The lowest BCUT2D eigenvalue weighted by molar-refractivity contribution is 0.240. The van der Waals surface area contributed by atoms with Gasteiger partial charge in [0.1, 0.15) is 11.6 Å². The van der Waals surface area contributed by atoms with Crippen molar-refractivity contribution in [1.82, 2.24) is 14.9 Å². The fraction of sp³-hybridized carbons (Fsp3) is 0.200. The van der Waals surface area contributed by atoms with E-state index in [4.69, 9.17) is 22.3 Å². The van der Waals surface area contributed by atoms with Gasteiger partial charge in [0.2, 0.25) is 0 Å². The summed E-state index contributed by atoms with van der Waals surface area (Å²) in [6.07, 6.45) is 0.644. The molecule has 0 aliphatic carbocycles. The normalized spacial score (nSPS) is 14.1. The van der Waals surface area contributed by atoms with Gasteiger partial charge in [-0.2, -0.15) is 0 Å². The van der Waals surface area contributed by atoms with Gasteiger partial charge in [0.25, 0.3) is 5.56 Å². The summed E-state index contributed by atoms with van der Waals surface area (Å²) in [6.45, 7) is 2.02. The van der Waals surface area contributed by atoms with Gasteiger partial charge in [-0.05, 0) is 48.4 Å². The maximum absolute atomic E-state index is 12.5. The number of aromatic amines is 1. The standard InChI is InChI=1S/C20H19ClN4O2/c21-16-9-12(1-6-18(16)26)10-25-8-7-15-17(11-25)23-19(24-20(15)27)13-2-4-14(22)5-3-13/h1-6,9,26H,7-8,10-11,22H2,(H,23,24,27). The van der Waals surface area contributed by atoms with Crippen molar-refractivity contribution < 1.29 is 5.11 Å². The Bertz CT molecular complexity index is 1050. The summed E-state index contributed by atoms with van der Waals surface area (Å²) in [6, 6.07) is 12.5. The Kier molecular flexibility index (Phi) is 4.59. The number of hydrogen-bond acceptors (Lipinski definition) is 5. The van der Waals surface area contributed by atoms with E-state index in [0.29, 0.717) is 36.0 Å². The molecule has 0 spiro atoms. The zero-order chi connectivity index (χ0) is 19.0. The predicted octanol–water partition coefficient (Wildman–Crippen LogP) is 2.94. The number of fused-ring (bicyclic) bond motifs is 1. The fourth-order valence-corrected chi connectivity index (χ4v) is 3.52. The van der Waals surface area contributed by atoms with Crippen LogP contribution in [0.5, 0.6) is 5.75 Å². The number of aromatic nitrogens is 2. The third kappa shape index (κ3) is 3.67. The Morgan fingerprint density at radius 1 is 1.22 bits per heavy atom. The highest BCUT2D eigenvalue weighted by Crippen LogP contribution is 2.26. The van der Waals surface area contributed by atoms with Crippen LogP contribution in [0.25, 0.3) is 11.4 Å². The molecule has 0 fully saturated rings. The van der Waals surface area contributed by atoms with Crippen molar-refractivity contribution in [2.75, 3.05) is 12.3 Å². The number of nitrogens with zero attached hydrogens (tertiary/aromatic N) is 2. The van der Waals surface area contributed by atoms with Crippen LogP contribution in [0.2, 0.25) is 5.02 Å². The summed E-state index contributed by atoms with van der Waals surface area (Å²) in [5.74, 6) is 0.624. The fourth-order valence-electron chi connectivity index (χ4n) is 3.31. The van der Waals surface area contributed by atoms with E-state index >= 15 is 0 Å². The van der Waals surface area contributed by atoms with Crippen molar-refractivity contribution in [2.24, 2.45) is 0 Å². The van der Waals surface area contributed by atoms with Crippen molar-refractivity contribution in [3.8, 4) is 17.1 Å². The minimum absolute atomic E-state index is 0.0748. The Morgan fingerprint density at radius 2 is 2.00 bits per heavy atom. The van der Waals surface area contributed by atoms with Gasteiger partial charge in [-0.1, -0.05) is 17.7 Å². The zero-order valence-electron chi connectivity index (χ0n) is 14.6. The van der Waals surface area contributed by atoms with Gasteiger partial charge >= 0.3 is 0 Å².